The van der Waals surface area contributed by atoms with Crippen LogP contribution < -0.4 is 4.74 Å². The maximum Gasteiger partial charge on any atom is 0.122 e. The van der Waals surface area contributed by atoms with Crippen LogP contribution in [0, 0.1) is 6.92 Å². The van der Waals surface area contributed by atoms with E-state index >= 15 is 0 Å². The molecule has 116 valence electrons. The van der Waals surface area contributed by atoms with Gasteiger partial charge in [0.25, 0.3) is 0 Å². The molecule has 0 N–H and O–H groups in total. The van der Waals surface area contributed by atoms with Crippen molar-refractivity contribution >= 4 is 33.1 Å². The maximum atomic E-state index is 6.47. The Balaban J connectivity index is 2.33. The van der Waals surface area contributed by atoms with E-state index in [-0.39, 0.29) is 0 Å². The molecule has 3 heteroatoms. The lowest BCUT2D eigenvalue weighted by Crippen LogP contribution is -2.00. The monoisotopic (exact) mass is 378 g/mol. The molecule has 0 saturated heterocycles. The number of allylic oxidation sites excluding steroid dienone is 1. The van der Waals surface area contributed by atoms with Gasteiger partial charge in [0.05, 0.1) is 7.11 Å². The van der Waals surface area contributed by atoms with Gasteiger partial charge in [0, 0.05) is 9.50 Å². The Kier molecular flexibility index (Phi) is 5.71. The Bertz CT molecular complexity index is 707. The molecule has 2 aromatic rings. The number of ether oxygens (including phenoxy) is 1. The van der Waals surface area contributed by atoms with Gasteiger partial charge < -0.3 is 4.74 Å². The highest BCUT2D eigenvalue weighted by molar-refractivity contribution is 9.10. The molecule has 0 bridgehead atoms. The zero-order valence-corrected chi connectivity index (χ0v) is 15.5. The molecule has 0 spiro atoms. The fourth-order valence-electron chi connectivity index (χ4n) is 2.61. The molecular formula is C19H20BrClO. The van der Waals surface area contributed by atoms with Crippen LogP contribution >= 0.6 is 27.5 Å². The van der Waals surface area contributed by atoms with Crippen LogP contribution in [0.2, 0.25) is 5.02 Å². The third-order valence-electron chi connectivity index (χ3n) is 3.69. The fraction of sp³-hybridized carbons (Fsp3) is 0.263. The van der Waals surface area contributed by atoms with Crippen LogP contribution in [-0.4, -0.2) is 7.11 Å². The summed E-state index contributed by atoms with van der Waals surface area (Å²) < 4.78 is 6.50. The Hall–Kier alpha value is -1.25. The van der Waals surface area contributed by atoms with Crippen molar-refractivity contribution < 1.29 is 4.74 Å². The predicted molar refractivity (Wildman–Crippen MR) is 99.0 cm³/mol. The molecule has 2 rings (SSSR count). The minimum atomic E-state index is 0.812. The minimum Gasteiger partial charge on any atom is -0.496 e. The predicted octanol–water partition coefficient (Wildman–Crippen LogP) is 6.24. The summed E-state index contributed by atoms with van der Waals surface area (Å²) in [5.74, 6) is 0.906. The van der Waals surface area contributed by atoms with E-state index in [0.29, 0.717) is 0 Å². The largest absolute Gasteiger partial charge is 0.496 e. The summed E-state index contributed by atoms with van der Waals surface area (Å²) in [7, 11) is 1.70. The zero-order valence-electron chi connectivity index (χ0n) is 13.2. The number of benzene rings is 2. The highest BCUT2D eigenvalue weighted by Crippen LogP contribution is 2.30. The van der Waals surface area contributed by atoms with Gasteiger partial charge in [0.2, 0.25) is 0 Å². The van der Waals surface area contributed by atoms with Crippen molar-refractivity contribution in [3.05, 3.63) is 68.7 Å². The van der Waals surface area contributed by atoms with Gasteiger partial charge in [-0.15, -0.1) is 0 Å². The number of methoxy groups -OCH3 is 1. The van der Waals surface area contributed by atoms with Crippen LogP contribution in [0.1, 0.15) is 29.2 Å². The number of rotatable bonds is 5. The number of halogens is 2. The lowest BCUT2D eigenvalue weighted by atomic mass is 9.94. The summed E-state index contributed by atoms with van der Waals surface area (Å²) in [4.78, 5) is 0. The van der Waals surface area contributed by atoms with E-state index in [1.807, 2.05) is 25.1 Å². The molecule has 0 aliphatic rings. The van der Waals surface area contributed by atoms with Crippen molar-refractivity contribution in [2.24, 2.45) is 0 Å². The second kappa shape index (κ2) is 7.34. The van der Waals surface area contributed by atoms with Gasteiger partial charge in [-0.2, -0.15) is 0 Å². The van der Waals surface area contributed by atoms with E-state index in [0.717, 1.165) is 50.3 Å². The first-order valence-electron chi connectivity index (χ1n) is 7.19. The lowest BCUT2D eigenvalue weighted by molar-refractivity contribution is 0.409. The van der Waals surface area contributed by atoms with Gasteiger partial charge >= 0.3 is 0 Å². The number of hydrogen-bond donors (Lipinski definition) is 0. The standard InChI is InChI=1S/C19H20BrClO/c1-12(2)17-9-13(3)10-18(21)16(17)7-5-14-11-15(20)6-8-19(14)22-4/h6,8-11H,1,5,7H2,2-4H3. The van der Waals surface area contributed by atoms with Crippen molar-refractivity contribution in [1.82, 2.24) is 0 Å². The van der Waals surface area contributed by atoms with Gasteiger partial charge in [0.1, 0.15) is 5.75 Å². The maximum absolute atomic E-state index is 6.47. The summed E-state index contributed by atoms with van der Waals surface area (Å²) >= 11 is 9.99. The molecule has 0 heterocycles. The second-order valence-corrected chi connectivity index (χ2v) is 6.83. The molecule has 1 nitrogen and oxygen atoms in total. The van der Waals surface area contributed by atoms with Crippen LogP contribution in [0.25, 0.3) is 5.57 Å². The van der Waals surface area contributed by atoms with Gasteiger partial charge in [-0.1, -0.05) is 45.7 Å². The highest BCUT2D eigenvalue weighted by atomic mass is 79.9. The summed E-state index contributed by atoms with van der Waals surface area (Å²) in [5.41, 5.74) is 5.68. The molecule has 0 atom stereocenters. The van der Waals surface area contributed by atoms with E-state index < -0.39 is 0 Å². The Morgan fingerprint density at radius 2 is 1.95 bits per heavy atom. The van der Waals surface area contributed by atoms with Gasteiger partial charge in [-0.3, -0.25) is 0 Å². The molecule has 0 aliphatic heterocycles. The molecule has 0 saturated carbocycles. The Labute approximate surface area is 146 Å². The van der Waals surface area contributed by atoms with E-state index in [4.69, 9.17) is 16.3 Å². The molecule has 0 aromatic heterocycles. The van der Waals surface area contributed by atoms with Gasteiger partial charge in [0.15, 0.2) is 0 Å². The molecule has 0 radical (unpaired) electrons. The van der Waals surface area contributed by atoms with Crippen LogP contribution in [0.5, 0.6) is 5.75 Å². The topological polar surface area (TPSA) is 9.23 Å². The lowest BCUT2D eigenvalue weighted by Gasteiger charge is -2.14. The normalized spacial score (nSPS) is 10.6. The number of hydrogen-bond acceptors (Lipinski definition) is 1. The Morgan fingerprint density at radius 1 is 1.23 bits per heavy atom. The quantitative estimate of drug-likeness (QED) is 0.597. The van der Waals surface area contributed by atoms with E-state index in [1.165, 1.54) is 5.56 Å². The average Bonchev–Trinajstić information content (AvgIpc) is 2.45. The smallest absolute Gasteiger partial charge is 0.122 e. The average molecular weight is 380 g/mol. The summed E-state index contributed by atoms with van der Waals surface area (Å²) in [5, 5.41) is 0.812. The van der Waals surface area contributed by atoms with Crippen molar-refractivity contribution in [2.45, 2.75) is 26.7 Å². The molecule has 2 aromatic carbocycles. The van der Waals surface area contributed by atoms with E-state index in [2.05, 4.69) is 41.6 Å². The van der Waals surface area contributed by atoms with Gasteiger partial charge in [-0.05, 0) is 73.2 Å². The van der Waals surface area contributed by atoms with Crippen LogP contribution in [-0.2, 0) is 12.8 Å². The van der Waals surface area contributed by atoms with E-state index in [9.17, 15) is 0 Å². The SMILES string of the molecule is C=C(C)c1cc(C)cc(Cl)c1CCc1cc(Br)ccc1OC. The minimum absolute atomic E-state index is 0.812. The summed E-state index contributed by atoms with van der Waals surface area (Å²) in [6, 6.07) is 10.2. The summed E-state index contributed by atoms with van der Waals surface area (Å²) in [6.07, 6.45) is 1.72. The van der Waals surface area contributed by atoms with Crippen LogP contribution in [0.15, 0.2) is 41.4 Å². The fourth-order valence-corrected chi connectivity index (χ4v) is 3.39. The zero-order chi connectivity index (χ0) is 16.3. The molecule has 0 fully saturated rings. The first-order chi connectivity index (χ1) is 10.4. The van der Waals surface area contributed by atoms with Gasteiger partial charge in [-0.25, -0.2) is 0 Å². The van der Waals surface area contributed by atoms with Crippen molar-refractivity contribution in [3.8, 4) is 5.75 Å². The Morgan fingerprint density at radius 3 is 2.59 bits per heavy atom. The third kappa shape index (κ3) is 3.93. The molecular weight excluding hydrogens is 360 g/mol. The van der Waals surface area contributed by atoms with E-state index in [1.54, 1.807) is 7.11 Å². The third-order valence-corrected chi connectivity index (χ3v) is 4.52. The second-order valence-electron chi connectivity index (χ2n) is 5.51. The van der Waals surface area contributed by atoms with Crippen molar-refractivity contribution in [2.75, 3.05) is 7.11 Å². The molecule has 22 heavy (non-hydrogen) atoms. The number of aryl methyl sites for hydroxylation is 2. The summed E-state index contributed by atoms with van der Waals surface area (Å²) in [6.45, 7) is 8.16. The first-order valence-corrected chi connectivity index (χ1v) is 8.36. The molecule has 0 amide bonds. The van der Waals surface area contributed by atoms with Crippen molar-refractivity contribution in [1.29, 1.82) is 0 Å². The highest BCUT2D eigenvalue weighted by Gasteiger charge is 2.11. The molecule has 0 aliphatic carbocycles. The van der Waals surface area contributed by atoms with Crippen molar-refractivity contribution in [3.63, 3.8) is 0 Å². The first kappa shape index (κ1) is 17.1. The van der Waals surface area contributed by atoms with Crippen LogP contribution in [0.4, 0.5) is 0 Å². The van der Waals surface area contributed by atoms with Crippen LogP contribution in [0.3, 0.4) is 0 Å². The molecule has 0 unspecified atom stereocenters.